The van der Waals surface area contributed by atoms with Gasteiger partial charge in [0, 0.05) is 24.4 Å². The highest BCUT2D eigenvalue weighted by molar-refractivity contribution is 7.91. The first kappa shape index (κ1) is 17.5. The average molecular weight is 339 g/mol. The molecule has 0 bridgehead atoms. The van der Waals surface area contributed by atoms with Crippen LogP contribution in [0.4, 0.5) is 0 Å². The van der Waals surface area contributed by atoms with E-state index in [9.17, 15) is 18.0 Å². The average Bonchev–Trinajstić information content (AvgIpc) is 2.54. The molecule has 1 fully saturated rings. The molecule has 6 nitrogen and oxygen atoms in total. The van der Waals surface area contributed by atoms with Crippen LogP contribution in [0.5, 0.6) is 5.75 Å². The van der Waals surface area contributed by atoms with Gasteiger partial charge >= 0.3 is 0 Å². The fourth-order valence-electron chi connectivity index (χ4n) is 2.48. The number of hydrogen-bond donors (Lipinski definition) is 1. The Bertz CT molecular complexity index is 652. The summed E-state index contributed by atoms with van der Waals surface area (Å²) in [5.74, 6) is 0.586. The molecule has 0 atom stereocenters. The Morgan fingerprint density at radius 2 is 1.74 bits per heavy atom. The van der Waals surface area contributed by atoms with Gasteiger partial charge in [-0.25, -0.2) is 8.42 Å². The lowest BCUT2D eigenvalue weighted by atomic mass is 10.1. The van der Waals surface area contributed by atoms with Crippen molar-refractivity contribution >= 4 is 21.5 Å². The second-order valence-electron chi connectivity index (χ2n) is 5.65. The summed E-state index contributed by atoms with van der Waals surface area (Å²) in [6.45, 7) is 0. The molecule has 126 valence electrons. The summed E-state index contributed by atoms with van der Waals surface area (Å²) in [7, 11) is -1.38. The van der Waals surface area contributed by atoms with Crippen LogP contribution >= 0.6 is 0 Å². The van der Waals surface area contributed by atoms with Crippen LogP contribution in [0.25, 0.3) is 0 Å². The molecule has 7 heteroatoms. The number of ketones is 1. The van der Waals surface area contributed by atoms with E-state index < -0.39 is 9.84 Å². The molecule has 0 aliphatic carbocycles. The van der Waals surface area contributed by atoms with Crippen LogP contribution in [-0.4, -0.2) is 44.8 Å². The summed E-state index contributed by atoms with van der Waals surface area (Å²) in [6.07, 6.45) is 1.12. The zero-order chi connectivity index (χ0) is 16.9. The number of ether oxygens (including phenoxy) is 1. The third kappa shape index (κ3) is 5.35. The van der Waals surface area contributed by atoms with Crippen LogP contribution in [0.2, 0.25) is 0 Å². The molecule has 1 amide bonds. The first-order valence-corrected chi connectivity index (χ1v) is 9.39. The summed E-state index contributed by atoms with van der Waals surface area (Å²) in [6, 6.07) is 6.64. The van der Waals surface area contributed by atoms with E-state index in [-0.39, 0.29) is 42.1 Å². The molecule has 1 aromatic carbocycles. The number of sulfone groups is 1. The number of Topliss-reactive ketones (excluding diaryl/α,β-unsaturated/α-hetero) is 1. The minimum atomic E-state index is -2.93. The molecular weight excluding hydrogens is 318 g/mol. The van der Waals surface area contributed by atoms with Crippen molar-refractivity contribution in [3.8, 4) is 5.75 Å². The highest BCUT2D eigenvalue weighted by atomic mass is 32.2. The summed E-state index contributed by atoms with van der Waals surface area (Å²) in [4.78, 5) is 23.9. The fourth-order valence-corrected chi connectivity index (χ4v) is 3.97. The molecule has 2 rings (SSSR count). The van der Waals surface area contributed by atoms with Gasteiger partial charge in [0.15, 0.2) is 5.78 Å². The second-order valence-corrected chi connectivity index (χ2v) is 7.95. The van der Waals surface area contributed by atoms with Crippen molar-refractivity contribution in [2.24, 2.45) is 0 Å². The third-order valence-corrected chi connectivity index (χ3v) is 5.63. The van der Waals surface area contributed by atoms with Crippen molar-refractivity contribution in [1.29, 1.82) is 0 Å². The fraction of sp³-hybridized carbons (Fsp3) is 0.500. The number of methoxy groups -OCH3 is 1. The molecule has 0 aromatic heterocycles. The molecule has 1 saturated heterocycles. The molecule has 1 N–H and O–H groups in total. The zero-order valence-electron chi connectivity index (χ0n) is 13.1. The highest BCUT2D eigenvalue weighted by Gasteiger charge is 2.24. The van der Waals surface area contributed by atoms with Gasteiger partial charge in [-0.1, -0.05) is 0 Å². The third-order valence-electron chi connectivity index (χ3n) is 3.91. The lowest BCUT2D eigenvalue weighted by molar-refractivity contribution is -0.121. The Morgan fingerprint density at radius 3 is 2.30 bits per heavy atom. The van der Waals surface area contributed by atoms with Crippen LogP contribution in [0.15, 0.2) is 24.3 Å². The lowest BCUT2D eigenvalue weighted by Gasteiger charge is -2.22. The molecular formula is C16H21NO5S. The quantitative estimate of drug-likeness (QED) is 0.790. The standard InChI is InChI=1S/C16H21NO5S/c1-22-14-4-2-12(3-5-14)15(18)6-7-16(19)17-13-8-10-23(20,21)11-9-13/h2-5,13H,6-11H2,1H3,(H,17,19). The molecule has 23 heavy (non-hydrogen) atoms. The van der Waals surface area contributed by atoms with Crippen LogP contribution in [0, 0.1) is 0 Å². The van der Waals surface area contributed by atoms with Crippen molar-refractivity contribution in [3.05, 3.63) is 29.8 Å². The summed E-state index contributed by atoms with van der Waals surface area (Å²) < 4.78 is 27.7. The Hall–Kier alpha value is -1.89. The van der Waals surface area contributed by atoms with Crippen LogP contribution in [0.3, 0.4) is 0 Å². The number of rotatable bonds is 6. The number of hydrogen-bond acceptors (Lipinski definition) is 5. The lowest BCUT2D eigenvalue weighted by Crippen LogP contribution is -2.40. The van der Waals surface area contributed by atoms with Gasteiger partial charge in [-0.05, 0) is 37.1 Å². The number of carbonyl (C=O) groups is 2. The van der Waals surface area contributed by atoms with Crippen LogP contribution in [0.1, 0.15) is 36.0 Å². The maximum absolute atomic E-state index is 12.0. The maximum atomic E-state index is 12.0. The Balaban J connectivity index is 1.76. The molecule has 1 aliphatic rings. The smallest absolute Gasteiger partial charge is 0.220 e. The predicted molar refractivity (Wildman–Crippen MR) is 86.4 cm³/mol. The van der Waals surface area contributed by atoms with E-state index in [1.807, 2.05) is 0 Å². The van der Waals surface area contributed by atoms with Gasteiger partial charge in [-0.3, -0.25) is 9.59 Å². The van der Waals surface area contributed by atoms with Gasteiger partial charge in [0.2, 0.25) is 5.91 Å². The largest absolute Gasteiger partial charge is 0.497 e. The van der Waals surface area contributed by atoms with Crippen LogP contribution in [-0.2, 0) is 14.6 Å². The van der Waals surface area contributed by atoms with Gasteiger partial charge in [0.25, 0.3) is 0 Å². The molecule has 0 radical (unpaired) electrons. The molecule has 0 saturated carbocycles. The topological polar surface area (TPSA) is 89.5 Å². The van der Waals surface area contributed by atoms with Crippen molar-refractivity contribution in [1.82, 2.24) is 5.32 Å². The Kier molecular flexibility index (Phi) is 5.76. The van der Waals surface area contributed by atoms with E-state index in [0.29, 0.717) is 24.2 Å². The van der Waals surface area contributed by atoms with E-state index in [1.165, 1.54) is 0 Å². The number of benzene rings is 1. The molecule has 0 spiro atoms. The van der Waals surface area contributed by atoms with E-state index in [1.54, 1.807) is 31.4 Å². The van der Waals surface area contributed by atoms with E-state index in [4.69, 9.17) is 4.74 Å². The van der Waals surface area contributed by atoms with Crippen molar-refractivity contribution in [2.75, 3.05) is 18.6 Å². The van der Waals surface area contributed by atoms with Gasteiger partial charge in [-0.15, -0.1) is 0 Å². The first-order chi connectivity index (χ1) is 10.9. The summed E-state index contributed by atoms with van der Waals surface area (Å²) >= 11 is 0. The summed E-state index contributed by atoms with van der Waals surface area (Å²) in [5.41, 5.74) is 0.544. The van der Waals surface area contributed by atoms with E-state index in [0.717, 1.165) is 0 Å². The predicted octanol–water partition coefficient (Wildman–Crippen LogP) is 1.35. The Labute approximate surface area is 136 Å². The van der Waals surface area contributed by atoms with Gasteiger partial charge < -0.3 is 10.1 Å². The minimum Gasteiger partial charge on any atom is -0.497 e. The second kappa shape index (κ2) is 7.59. The van der Waals surface area contributed by atoms with E-state index in [2.05, 4.69) is 5.32 Å². The number of amides is 1. The normalized spacial score (nSPS) is 17.4. The molecule has 1 aliphatic heterocycles. The van der Waals surface area contributed by atoms with Gasteiger partial charge in [0.1, 0.15) is 15.6 Å². The van der Waals surface area contributed by atoms with Crippen molar-refractivity contribution in [3.63, 3.8) is 0 Å². The van der Waals surface area contributed by atoms with Crippen molar-refractivity contribution < 1.29 is 22.7 Å². The van der Waals surface area contributed by atoms with Crippen molar-refractivity contribution in [2.45, 2.75) is 31.7 Å². The SMILES string of the molecule is COc1ccc(C(=O)CCC(=O)NC2CCS(=O)(=O)CC2)cc1. The highest BCUT2D eigenvalue weighted by Crippen LogP contribution is 2.14. The van der Waals surface area contributed by atoms with Crippen LogP contribution < -0.4 is 10.1 Å². The molecule has 1 heterocycles. The maximum Gasteiger partial charge on any atom is 0.220 e. The Morgan fingerprint density at radius 1 is 1.13 bits per heavy atom. The monoisotopic (exact) mass is 339 g/mol. The van der Waals surface area contributed by atoms with E-state index >= 15 is 0 Å². The van der Waals surface area contributed by atoms with Gasteiger partial charge in [0.05, 0.1) is 18.6 Å². The number of nitrogens with one attached hydrogen (secondary N) is 1. The minimum absolute atomic E-state index is 0.103. The molecule has 1 aromatic rings. The molecule has 0 unspecified atom stereocenters. The van der Waals surface area contributed by atoms with Gasteiger partial charge in [-0.2, -0.15) is 0 Å². The zero-order valence-corrected chi connectivity index (χ0v) is 13.9. The first-order valence-electron chi connectivity index (χ1n) is 7.56. The number of carbonyl (C=O) groups excluding carboxylic acids is 2. The summed E-state index contributed by atoms with van der Waals surface area (Å²) in [5, 5.41) is 2.81.